The van der Waals surface area contributed by atoms with Gasteiger partial charge in [-0.3, -0.25) is 14.8 Å². The summed E-state index contributed by atoms with van der Waals surface area (Å²) < 4.78 is 12.0. The lowest BCUT2D eigenvalue weighted by molar-refractivity contribution is -0.121. The van der Waals surface area contributed by atoms with Gasteiger partial charge in [-0.2, -0.15) is 0 Å². The first kappa shape index (κ1) is 29.5. The number of amides is 1. The number of carbonyl (C=O) groups is 1. The number of rotatable bonds is 10. The third-order valence-electron chi connectivity index (χ3n) is 6.49. The Morgan fingerprint density at radius 2 is 2.24 bits per heavy atom. The summed E-state index contributed by atoms with van der Waals surface area (Å²) in [6.07, 6.45) is 13.8. The molecule has 214 valence electrons. The van der Waals surface area contributed by atoms with E-state index in [0.717, 1.165) is 29.8 Å². The molecular formula is C30H34ClN7O3. The zero-order valence-electron chi connectivity index (χ0n) is 23.0. The molecule has 1 fully saturated rings. The quantitative estimate of drug-likeness (QED) is 0.241. The average Bonchev–Trinajstić information content (AvgIpc) is 2.99. The number of nitrogens with zero attached hydrogens (tertiary/aromatic N) is 5. The van der Waals surface area contributed by atoms with Crippen LogP contribution in [0, 0.1) is 5.92 Å². The van der Waals surface area contributed by atoms with Gasteiger partial charge in [-0.15, -0.1) is 0 Å². The van der Waals surface area contributed by atoms with Crippen LogP contribution in [0.5, 0.6) is 5.75 Å². The maximum Gasteiger partial charge on any atom is 0.289 e. The van der Waals surface area contributed by atoms with E-state index in [1.807, 2.05) is 31.2 Å². The lowest BCUT2D eigenvalue weighted by Gasteiger charge is -2.38. The van der Waals surface area contributed by atoms with Crippen LogP contribution in [-0.4, -0.2) is 74.1 Å². The van der Waals surface area contributed by atoms with Crippen LogP contribution >= 0.6 is 11.6 Å². The van der Waals surface area contributed by atoms with Crippen molar-refractivity contribution in [1.82, 2.24) is 10.2 Å². The molecule has 1 saturated heterocycles. The van der Waals surface area contributed by atoms with Crippen LogP contribution in [-0.2, 0) is 9.53 Å². The zero-order valence-corrected chi connectivity index (χ0v) is 23.8. The molecule has 1 amide bonds. The van der Waals surface area contributed by atoms with Gasteiger partial charge in [-0.1, -0.05) is 36.9 Å². The van der Waals surface area contributed by atoms with E-state index in [0.29, 0.717) is 54.5 Å². The molecule has 2 unspecified atom stereocenters. The molecule has 1 aromatic rings. The minimum atomic E-state index is 0.0161. The summed E-state index contributed by atoms with van der Waals surface area (Å²) in [6, 6.07) is 5.87. The lowest BCUT2D eigenvalue weighted by Crippen LogP contribution is -2.49. The Balaban J connectivity index is 1.43. The van der Waals surface area contributed by atoms with Crippen molar-refractivity contribution in [2.75, 3.05) is 38.1 Å². The Bertz CT molecular complexity index is 1360. The molecule has 3 aliphatic rings. The molecule has 2 N–H and O–H groups in total. The maximum atomic E-state index is 11.1. The fraction of sp³-hybridized carbons (Fsp3) is 0.300. The van der Waals surface area contributed by atoms with Crippen molar-refractivity contribution >= 4 is 47.6 Å². The van der Waals surface area contributed by atoms with Crippen LogP contribution in [0.15, 0.2) is 99.2 Å². The van der Waals surface area contributed by atoms with E-state index in [2.05, 4.69) is 43.8 Å². The van der Waals surface area contributed by atoms with Gasteiger partial charge in [0.1, 0.15) is 30.6 Å². The second kappa shape index (κ2) is 14.8. The van der Waals surface area contributed by atoms with E-state index in [1.165, 1.54) is 6.34 Å². The average molecular weight is 576 g/mol. The SMILES string of the molecule is C=C/C=C(\C=C1/CN=CN=C1Nc1ccc(OCC(C=C)=N/C=C\C)c(Cl)c1)NC1=NCC2CN(C=O)CCC2O1. The fourth-order valence-corrected chi connectivity index (χ4v) is 4.64. The number of anilines is 1. The minimum absolute atomic E-state index is 0.0161. The van der Waals surface area contributed by atoms with Gasteiger partial charge in [-0.05, 0) is 43.4 Å². The second-order valence-corrected chi connectivity index (χ2v) is 9.81. The third-order valence-corrected chi connectivity index (χ3v) is 6.78. The van der Waals surface area contributed by atoms with Crippen molar-refractivity contribution in [3.63, 3.8) is 0 Å². The highest BCUT2D eigenvalue weighted by atomic mass is 35.5. The Labute approximate surface area is 245 Å². The Hall–Kier alpha value is -4.44. The number of hydrogen-bond donors (Lipinski definition) is 2. The van der Waals surface area contributed by atoms with Gasteiger partial charge in [0.25, 0.3) is 6.02 Å². The number of fused-ring (bicyclic) bond motifs is 1. The summed E-state index contributed by atoms with van der Waals surface area (Å²) in [7, 11) is 0. The number of hydrogen-bond acceptors (Lipinski definition) is 9. The molecule has 2 atom stereocenters. The smallest absolute Gasteiger partial charge is 0.289 e. The van der Waals surface area contributed by atoms with Crippen LogP contribution in [0.25, 0.3) is 0 Å². The fourth-order valence-electron chi connectivity index (χ4n) is 4.40. The van der Waals surface area contributed by atoms with Gasteiger partial charge in [0.15, 0.2) is 0 Å². The van der Waals surface area contributed by atoms with Crippen LogP contribution in [0.1, 0.15) is 13.3 Å². The highest BCUT2D eigenvalue weighted by Crippen LogP contribution is 2.28. The zero-order chi connectivity index (χ0) is 29.0. The highest BCUT2D eigenvalue weighted by Gasteiger charge is 2.34. The molecule has 0 radical (unpaired) electrons. The molecule has 0 spiro atoms. The Morgan fingerprint density at radius 3 is 3.00 bits per heavy atom. The van der Waals surface area contributed by atoms with Crippen molar-refractivity contribution in [1.29, 1.82) is 0 Å². The van der Waals surface area contributed by atoms with Gasteiger partial charge >= 0.3 is 0 Å². The number of piperidine rings is 1. The largest absolute Gasteiger partial charge is 0.486 e. The normalized spacial score (nSPS) is 21.9. The molecule has 1 aromatic carbocycles. The van der Waals surface area contributed by atoms with E-state index in [4.69, 9.17) is 21.1 Å². The summed E-state index contributed by atoms with van der Waals surface area (Å²) in [4.78, 5) is 30.5. The molecule has 10 nitrogen and oxygen atoms in total. The first-order valence-electron chi connectivity index (χ1n) is 13.3. The number of halogens is 1. The lowest BCUT2D eigenvalue weighted by atomic mass is 9.94. The number of amidine groups is 2. The number of allylic oxidation sites excluding steroid dienone is 4. The van der Waals surface area contributed by atoms with Crippen molar-refractivity contribution in [2.24, 2.45) is 25.9 Å². The van der Waals surface area contributed by atoms with Gasteiger partial charge < -0.3 is 25.0 Å². The maximum absolute atomic E-state index is 11.1. The highest BCUT2D eigenvalue weighted by molar-refractivity contribution is 6.32. The first-order chi connectivity index (χ1) is 20.0. The van der Waals surface area contributed by atoms with Gasteiger partial charge in [0, 0.05) is 48.6 Å². The number of benzene rings is 1. The number of carbonyl (C=O) groups excluding carboxylic acids is 1. The van der Waals surface area contributed by atoms with E-state index in [1.54, 1.807) is 35.4 Å². The Morgan fingerprint density at radius 1 is 1.37 bits per heavy atom. The molecule has 41 heavy (non-hydrogen) atoms. The molecule has 3 aliphatic heterocycles. The van der Waals surface area contributed by atoms with Crippen LogP contribution in [0.4, 0.5) is 5.69 Å². The predicted octanol–water partition coefficient (Wildman–Crippen LogP) is 4.55. The number of nitrogens with one attached hydrogen (secondary N) is 2. The van der Waals surface area contributed by atoms with Crippen LogP contribution in [0.2, 0.25) is 5.02 Å². The molecular weight excluding hydrogens is 542 g/mol. The van der Waals surface area contributed by atoms with E-state index < -0.39 is 0 Å². The number of likely N-dealkylation sites (tertiary alicyclic amines) is 1. The molecule has 4 rings (SSSR count). The summed E-state index contributed by atoms with van der Waals surface area (Å²) in [6.45, 7) is 12.1. The molecule has 0 saturated carbocycles. The van der Waals surface area contributed by atoms with Crippen molar-refractivity contribution in [2.45, 2.75) is 19.4 Å². The summed E-state index contributed by atoms with van der Waals surface area (Å²) >= 11 is 6.51. The molecule has 11 heteroatoms. The van der Waals surface area contributed by atoms with Gasteiger partial charge in [0.05, 0.1) is 23.8 Å². The molecule has 0 bridgehead atoms. The molecule has 3 heterocycles. The second-order valence-electron chi connectivity index (χ2n) is 9.40. The van der Waals surface area contributed by atoms with E-state index in [9.17, 15) is 4.79 Å². The van der Waals surface area contributed by atoms with Crippen molar-refractivity contribution in [3.8, 4) is 5.75 Å². The van der Waals surface area contributed by atoms with Crippen molar-refractivity contribution in [3.05, 3.63) is 84.2 Å². The van der Waals surface area contributed by atoms with Crippen LogP contribution in [0.3, 0.4) is 0 Å². The predicted molar refractivity (Wildman–Crippen MR) is 166 cm³/mol. The summed E-state index contributed by atoms with van der Waals surface area (Å²) in [5, 5.41) is 7.04. The monoisotopic (exact) mass is 575 g/mol. The first-order valence-corrected chi connectivity index (χ1v) is 13.7. The van der Waals surface area contributed by atoms with Crippen LogP contribution < -0.4 is 15.4 Å². The van der Waals surface area contributed by atoms with E-state index in [-0.39, 0.29) is 18.6 Å². The minimum Gasteiger partial charge on any atom is -0.486 e. The third kappa shape index (κ3) is 8.28. The van der Waals surface area contributed by atoms with E-state index >= 15 is 0 Å². The number of aliphatic imine (C=N–C) groups is 4. The standard InChI is InChI=1S/C30H34ClN7O3/c1-4-7-24(37-30-34-16-22-17-38(20-39)12-10-27(22)41-30)13-21-15-32-19-35-29(21)36-25-8-9-28(26(31)14-25)40-18-23(6-3)33-11-5-2/h4-9,11,13-14,19-20,22,27H,1,3,10,12,15-18H2,2H3,(H,34,37)(H,32,35,36)/b11-5-,21-13+,24-7+,33-23?. The number of ether oxygens (including phenoxy) is 2. The van der Waals surface area contributed by atoms with Gasteiger partial charge in [0.2, 0.25) is 6.41 Å². The van der Waals surface area contributed by atoms with Gasteiger partial charge in [-0.25, -0.2) is 9.98 Å². The van der Waals surface area contributed by atoms with Crippen molar-refractivity contribution < 1.29 is 14.3 Å². The Kier molecular flexibility index (Phi) is 10.7. The topological polar surface area (TPSA) is 112 Å². The summed E-state index contributed by atoms with van der Waals surface area (Å²) in [5.74, 6) is 1.35. The molecule has 0 aromatic heterocycles. The molecule has 0 aliphatic carbocycles. The summed E-state index contributed by atoms with van der Waals surface area (Å²) in [5.41, 5.74) is 3.00.